The Morgan fingerprint density at radius 2 is 1.97 bits per heavy atom. The zero-order valence-corrected chi connectivity index (χ0v) is 21.0. The minimum absolute atomic E-state index is 0.0331. The Hall–Kier alpha value is -2.51. The summed E-state index contributed by atoms with van der Waals surface area (Å²) >= 11 is 0. The Labute approximate surface area is 203 Å². The number of nitrogens with zero attached hydrogens (tertiary/aromatic N) is 3. The number of pyridine rings is 1. The molecule has 0 radical (unpaired) electrons. The van der Waals surface area contributed by atoms with Crippen molar-refractivity contribution in [3.05, 3.63) is 29.8 Å². The number of nitrogens with two attached hydrogens (primary N) is 1. The van der Waals surface area contributed by atoms with E-state index in [1.807, 2.05) is 0 Å². The maximum atomic E-state index is 13.3. The molecule has 1 heterocycles. The van der Waals surface area contributed by atoms with Crippen molar-refractivity contribution >= 4 is 18.2 Å². The number of amides is 2. The molecule has 8 heteroatoms. The predicted octanol–water partition coefficient (Wildman–Crippen LogP) is 4.32. The number of aliphatic imine (C=N–C) groups is 1. The van der Waals surface area contributed by atoms with Gasteiger partial charge in [0.15, 0.2) is 0 Å². The summed E-state index contributed by atoms with van der Waals surface area (Å²) in [6, 6.07) is 2.92. The molecule has 0 aliphatic heterocycles. The summed E-state index contributed by atoms with van der Waals surface area (Å²) in [7, 11) is 3.53. The normalized spacial score (nSPS) is 21.9. The highest BCUT2D eigenvalue weighted by atomic mass is 19.1. The maximum absolute atomic E-state index is 13.3. The Balaban J connectivity index is 0.000000240. The van der Waals surface area contributed by atoms with Crippen LogP contribution in [0, 0.1) is 17.8 Å². The Bertz CT molecular complexity index is 795. The van der Waals surface area contributed by atoms with Crippen LogP contribution in [0.15, 0.2) is 23.3 Å². The van der Waals surface area contributed by atoms with Gasteiger partial charge in [-0.1, -0.05) is 51.9 Å². The lowest BCUT2D eigenvalue weighted by Crippen LogP contribution is -2.38. The van der Waals surface area contributed by atoms with E-state index in [4.69, 9.17) is 5.73 Å². The molecule has 1 aromatic rings. The van der Waals surface area contributed by atoms with E-state index in [0.717, 1.165) is 38.0 Å². The van der Waals surface area contributed by atoms with Gasteiger partial charge >= 0.3 is 0 Å². The SMILES string of the molecule is CC1CCC[C@@H](NC(=O)c2cccnc2F)C1.CN(C)C(=O)C(CCC1CCCCC1)N=CN. The second-order valence-electron chi connectivity index (χ2n) is 9.91. The van der Waals surface area contributed by atoms with Gasteiger partial charge in [-0.3, -0.25) is 14.6 Å². The molecule has 2 amide bonds. The summed E-state index contributed by atoms with van der Waals surface area (Å²) in [5, 5.41) is 2.89. The molecule has 0 aromatic carbocycles. The standard InChI is InChI=1S/C13H17FN2O.C13H25N3O/c1-9-4-2-5-10(8-9)16-13(17)11-6-3-7-15-12(11)14;1-16(2)13(17)12(15-10-14)9-8-11-6-4-3-5-7-11/h3,6-7,9-10H,2,4-5,8H2,1H3,(H,16,17);10-12H,3-9H2,1-2H3,(H2,14,15)/t9?,10-;/m1./s1. The van der Waals surface area contributed by atoms with Crippen molar-refractivity contribution in [3.8, 4) is 0 Å². The predicted molar refractivity (Wildman–Crippen MR) is 134 cm³/mol. The highest BCUT2D eigenvalue weighted by Crippen LogP contribution is 2.28. The fourth-order valence-electron chi connectivity index (χ4n) is 4.92. The Morgan fingerprint density at radius 3 is 2.59 bits per heavy atom. The molecule has 3 rings (SSSR count). The van der Waals surface area contributed by atoms with Crippen molar-refractivity contribution in [1.29, 1.82) is 0 Å². The topological polar surface area (TPSA) is 101 Å². The van der Waals surface area contributed by atoms with Crippen LogP contribution < -0.4 is 11.1 Å². The van der Waals surface area contributed by atoms with E-state index in [0.29, 0.717) is 5.92 Å². The lowest BCUT2D eigenvalue weighted by molar-refractivity contribution is -0.130. The number of aromatic nitrogens is 1. The summed E-state index contributed by atoms with van der Waals surface area (Å²) in [5.41, 5.74) is 5.35. The summed E-state index contributed by atoms with van der Waals surface area (Å²) in [5.74, 6) is 0.424. The van der Waals surface area contributed by atoms with Gasteiger partial charge < -0.3 is 16.0 Å². The zero-order chi connectivity index (χ0) is 24.9. The van der Waals surface area contributed by atoms with E-state index in [1.165, 1.54) is 57.1 Å². The van der Waals surface area contributed by atoms with E-state index in [2.05, 4.69) is 22.2 Å². The molecule has 2 aliphatic carbocycles. The quantitative estimate of drug-likeness (QED) is 0.348. The number of nitrogens with one attached hydrogen (secondary N) is 1. The summed E-state index contributed by atoms with van der Waals surface area (Å²) in [6.07, 6.45) is 15.5. The van der Waals surface area contributed by atoms with Gasteiger partial charge in [-0.2, -0.15) is 4.39 Å². The largest absolute Gasteiger partial charge is 0.390 e. The maximum Gasteiger partial charge on any atom is 0.256 e. The van der Waals surface area contributed by atoms with E-state index in [1.54, 1.807) is 25.1 Å². The van der Waals surface area contributed by atoms with Crippen LogP contribution in [0.2, 0.25) is 0 Å². The summed E-state index contributed by atoms with van der Waals surface area (Å²) in [6.45, 7) is 2.18. The highest BCUT2D eigenvalue weighted by Gasteiger charge is 2.23. The monoisotopic (exact) mass is 475 g/mol. The third kappa shape index (κ3) is 9.39. The van der Waals surface area contributed by atoms with E-state index < -0.39 is 5.95 Å². The van der Waals surface area contributed by atoms with Crippen molar-refractivity contribution in [2.24, 2.45) is 22.6 Å². The molecule has 3 N–H and O–H groups in total. The van der Waals surface area contributed by atoms with Crippen molar-refractivity contribution in [2.45, 2.75) is 89.6 Å². The molecule has 3 atom stereocenters. The number of hydrogen-bond acceptors (Lipinski definition) is 4. The molecule has 2 aliphatic rings. The molecule has 2 unspecified atom stereocenters. The number of hydrogen-bond donors (Lipinski definition) is 2. The molecule has 0 saturated heterocycles. The Morgan fingerprint density at radius 1 is 1.24 bits per heavy atom. The van der Waals surface area contributed by atoms with Crippen LogP contribution in [0.4, 0.5) is 4.39 Å². The van der Waals surface area contributed by atoms with Crippen molar-refractivity contribution < 1.29 is 14.0 Å². The average molecular weight is 476 g/mol. The molecule has 190 valence electrons. The average Bonchev–Trinajstić information content (AvgIpc) is 2.82. The first-order chi connectivity index (χ1) is 16.3. The molecular formula is C26H42FN5O2. The zero-order valence-electron chi connectivity index (χ0n) is 21.0. The minimum atomic E-state index is -0.700. The number of carbonyl (C=O) groups excluding carboxylic acids is 2. The van der Waals surface area contributed by atoms with Gasteiger partial charge in [-0.15, -0.1) is 0 Å². The van der Waals surface area contributed by atoms with Crippen LogP contribution in [0.25, 0.3) is 0 Å². The first-order valence-corrected chi connectivity index (χ1v) is 12.7. The number of rotatable bonds is 7. The van der Waals surface area contributed by atoms with E-state index in [9.17, 15) is 14.0 Å². The van der Waals surface area contributed by atoms with Crippen LogP contribution in [-0.2, 0) is 4.79 Å². The van der Waals surface area contributed by atoms with Gasteiger partial charge in [0.05, 0.1) is 11.9 Å². The molecular weight excluding hydrogens is 433 g/mol. The Kier molecular flexibility index (Phi) is 12.0. The fourth-order valence-corrected chi connectivity index (χ4v) is 4.92. The second kappa shape index (κ2) is 14.7. The molecule has 2 fully saturated rings. The second-order valence-corrected chi connectivity index (χ2v) is 9.91. The van der Waals surface area contributed by atoms with Gasteiger partial charge in [-0.25, -0.2) is 4.98 Å². The van der Waals surface area contributed by atoms with Crippen LogP contribution in [-0.4, -0.2) is 54.2 Å². The molecule has 1 aromatic heterocycles. The number of halogens is 1. The lowest BCUT2D eigenvalue weighted by Gasteiger charge is -2.27. The number of likely N-dealkylation sites (N-methyl/N-ethyl adjacent to an activating group) is 1. The van der Waals surface area contributed by atoms with Gasteiger partial charge in [0, 0.05) is 26.3 Å². The first kappa shape index (κ1) is 27.7. The molecule has 34 heavy (non-hydrogen) atoms. The molecule has 0 bridgehead atoms. The lowest BCUT2D eigenvalue weighted by atomic mass is 9.85. The molecule has 2 saturated carbocycles. The van der Waals surface area contributed by atoms with Gasteiger partial charge in [0.1, 0.15) is 6.04 Å². The van der Waals surface area contributed by atoms with Gasteiger partial charge in [0.25, 0.3) is 5.91 Å². The third-order valence-corrected chi connectivity index (χ3v) is 6.84. The van der Waals surface area contributed by atoms with Crippen molar-refractivity contribution in [2.75, 3.05) is 14.1 Å². The summed E-state index contributed by atoms with van der Waals surface area (Å²) in [4.78, 5) is 32.9. The van der Waals surface area contributed by atoms with Crippen LogP contribution >= 0.6 is 0 Å². The van der Waals surface area contributed by atoms with Crippen LogP contribution in [0.3, 0.4) is 0 Å². The minimum Gasteiger partial charge on any atom is -0.390 e. The van der Waals surface area contributed by atoms with E-state index in [-0.39, 0.29) is 29.5 Å². The van der Waals surface area contributed by atoms with E-state index >= 15 is 0 Å². The smallest absolute Gasteiger partial charge is 0.256 e. The first-order valence-electron chi connectivity index (χ1n) is 12.7. The van der Waals surface area contributed by atoms with Crippen LogP contribution in [0.5, 0.6) is 0 Å². The molecule has 7 nitrogen and oxygen atoms in total. The van der Waals surface area contributed by atoms with Crippen molar-refractivity contribution in [3.63, 3.8) is 0 Å². The van der Waals surface area contributed by atoms with Crippen LogP contribution in [0.1, 0.15) is 87.9 Å². The highest BCUT2D eigenvalue weighted by molar-refractivity contribution is 5.94. The molecule has 0 spiro atoms. The van der Waals surface area contributed by atoms with Gasteiger partial charge in [0.2, 0.25) is 11.9 Å². The fraction of sp³-hybridized carbons (Fsp3) is 0.692. The third-order valence-electron chi connectivity index (χ3n) is 6.84. The number of carbonyl (C=O) groups is 2. The summed E-state index contributed by atoms with van der Waals surface area (Å²) < 4.78 is 13.3. The van der Waals surface area contributed by atoms with Gasteiger partial charge in [-0.05, 0) is 49.7 Å². The van der Waals surface area contributed by atoms with Crippen molar-refractivity contribution in [1.82, 2.24) is 15.2 Å².